The first kappa shape index (κ1) is 20.0. The molecule has 0 aliphatic carbocycles. The third-order valence-electron chi connectivity index (χ3n) is 2.23. The molecule has 0 bridgehead atoms. The van der Waals surface area contributed by atoms with E-state index in [2.05, 4.69) is 5.32 Å². The number of nitrogens with two attached hydrogens (primary N) is 1. The van der Waals surface area contributed by atoms with Crippen LogP contribution >= 0.6 is 0 Å². The van der Waals surface area contributed by atoms with Crippen LogP contribution in [0.5, 0.6) is 0 Å². The van der Waals surface area contributed by atoms with Gasteiger partial charge in [-0.15, -0.1) is 4.89 Å². The molecule has 2 amide bonds. The van der Waals surface area contributed by atoms with Crippen LogP contribution < -0.4 is 11.1 Å². The molecule has 0 aromatic heterocycles. The number of carbonyl (C=O) groups excluding carboxylic acids is 1. The zero-order chi connectivity index (χ0) is 16.1. The highest BCUT2D eigenvalue weighted by Crippen LogP contribution is 2.01. The first-order chi connectivity index (χ1) is 10.1. The monoisotopic (exact) mass is 338 g/mol. The summed E-state index contributed by atoms with van der Waals surface area (Å²) in [6.45, 7) is 7.06. The van der Waals surface area contributed by atoms with E-state index in [0.29, 0.717) is 26.4 Å². The van der Waals surface area contributed by atoms with Crippen LogP contribution in [0.3, 0.4) is 0 Å². The van der Waals surface area contributed by atoms with Gasteiger partial charge in [-0.25, -0.2) is 4.79 Å². The molecule has 3 N–H and O–H groups in total. The van der Waals surface area contributed by atoms with Crippen molar-refractivity contribution in [2.75, 3.05) is 26.4 Å². The van der Waals surface area contributed by atoms with E-state index < -0.39 is 24.7 Å². The summed E-state index contributed by atoms with van der Waals surface area (Å²) in [4.78, 5) is 27.4. The molecule has 0 heterocycles. The number of amides is 2. The molecular formula is C10H26N4O5Si2. The van der Waals surface area contributed by atoms with Crippen LogP contribution in [0.4, 0.5) is 4.79 Å². The van der Waals surface area contributed by atoms with Crippen molar-refractivity contribution in [1.82, 2.24) is 14.6 Å². The quantitative estimate of drug-likeness (QED) is 0.263. The lowest BCUT2D eigenvalue weighted by Gasteiger charge is -2.26. The number of hydrogen-bond acceptors (Lipinski definition) is 5. The van der Waals surface area contributed by atoms with Crippen molar-refractivity contribution in [3.63, 3.8) is 0 Å². The van der Waals surface area contributed by atoms with Gasteiger partial charge in [-0.2, -0.15) is 0 Å². The van der Waals surface area contributed by atoms with Crippen molar-refractivity contribution in [2.24, 2.45) is 5.73 Å². The van der Waals surface area contributed by atoms with E-state index in [4.69, 9.17) is 20.2 Å². The molecule has 0 rings (SSSR count). The van der Waals surface area contributed by atoms with Crippen LogP contribution in [0.15, 0.2) is 0 Å². The van der Waals surface area contributed by atoms with Crippen molar-refractivity contribution >= 4 is 24.7 Å². The Morgan fingerprint density at radius 2 is 1.76 bits per heavy atom. The first-order valence-electron chi connectivity index (χ1n) is 7.10. The number of urea groups is 1. The Balaban J connectivity index is 4.29. The molecule has 0 fully saturated rings. The van der Waals surface area contributed by atoms with E-state index in [9.17, 15) is 9.26 Å². The summed E-state index contributed by atoms with van der Waals surface area (Å²) in [5.41, 5.74) is 4.98. The number of nitrogens with zero attached hydrogens (tertiary/aromatic N) is 2. The van der Waals surface area contributed by atoms with Crippen LogP contribution in [0, 0.1) is 0 Å². The minimum Gasteiger partial charge on any atom is -0.352 e. The Morgan fingerprint density at radius 3 is 2.24 bits per heavy atom. The lowest BCUT2D eigenvalue weighted by atomic mass is 10.5. The second-order valence-electron chi connectivity index (χ2n) is 3.89. The Labute approximate surface area is 129 Å². The molecule has 0 aliphatic rings. The zero-order valence-electron chi connectivity index (χ0n) is 13.0. The summed E-state index contributed by atoms with van der Waals surface area (Å²) in [6, 6.07) is 0.286. The zero-order valence-corrected chi connectivity index (χ0v) is 15.4. The largest absolute Gasteiger partial charge is 0.588 e. The van der Waals surface area contributed by atoms with Crippen molar-refractivity contribution in [3.05, 3.63) is 0 Å². The second kappa shape index (κ2) is 12.7. The fraction of sp³-hybridized carbons (Fsp3) is 0.900. The maximum Gasteiger partial charge on any atom is 0.588 e. The van der Waals surface area contributed by atoms with E-state index in [-0.39, 0.29) is 0 Å². The lowest BCUT2D eigenvalue weighted by molar-refractivity contribution is -0.315. The van der Waals surface area contributed by atoms with Gasteiger partial charge in [0.15, 0.2) is 9.68 Å². The highest BCUT2D eigenvalue weighted by molar-refractivity contribution is 6.51. The molecule has 21 heavy (non-hydrogen) atoms. The van der Waals surface area contributed by atoms with Gasteiger partial charge < -0.3 is 15.5 Å². The fourth-order valence-electron chi connectivity index (χ4n) is 1.44. The third-order valence-corrected chi connectivity index (χ3v) is 6.25. The number of carbonyl (C=O) groups is 1. The normalized spacial score (nSPS) is 10.8. The average Bonchev–Trinajstić information content (AvgIpc) is 2.44. The van der Waals surface area contributed by atoms with Gasteiger partial charge in [0.05, 0.1) is 19.8 Å². The molecule has 0 spiro atoms. The minimum absolute atomic E-state index is 0.362. The molecule has 0 aromatic carbocycles. The molecule has 124 valence electrons. The SMILES string of the molecule is CCON(OCC)[Si](=O)N(OCC)[SiH2]CCCNC(N)=O. The highest BCUT2D eigenvalue weighted by Gasteiger charge is 2.27. The summed E-state index contributed by atoms with van der Waals surface area (Å²) in [6.07, 6.45) is 0.761. The van der Waals surface area contributed by atoms with E-state index in [1.165, 1.54) is 4.39 Å². The Morgan fingerprint density at radius 1 is 1.19 bits per heavy atom. The predicted molar refractivity (Wildman–Crippen MR) is 80.6 cm³/mol. The summed E-state index contributed by atoms with van der Waals surface area (Å²) in [7, 11) is -3.36. The molecule has 11 heteroatoms. The van der Waals surface area contributed by atoms with Crippen LogP contribution in [0.25, 0.3) is 0 Å². The molecule has 0 saturated carbocycles. The first-order valence-corrected chi connectivity index (χ1v) is 10.0. The van der Waals surface area contributed by atoms with E-state index in [1.807, 2.05) is 6.92 Å². The number of rotatable bonds is 13. The van der Waals surface area contributed by atoms with Crippen LogP contribution in [0.1, 0.15) is 27.2 Å². The smallest absolute Gasteiger partial charge is 0.352 e. The van der Waals surface area contributed by atoms with Crippen LogP contribution in [0.2, 0.25) is 6.04 Å². The van der Waals surface area contributed by atoms with Gasteiger partial charge in [-0.3, -0.25) is 18.9 Å². The van der Waals surface area contributed by atoms with Gasteiger partial charge in [0.2, 0.25) is 0 Å². The van der Waals surface area contributed by atoms with Gasteiger partial charge in [-0.05, 0) is 33.2 Å². The predicted octanol–water partition coefficient (Wildman–Crippen LogP) is -0.579. The van der Waals surface area contributed by atoms with Gasteiger partial charge in [0, 0.05) is 6.54 Å². The maximum atomic E-state index is 12.4. The third kappa shape index (κ3) is 9.52. The molecule has 0 aromatic rings. The molecule has 0 unspecified atom stereocenters. The molecule has 9 nitrogen and oxygen atoms in total. The van der Waals surface area contributed by atoms with Crippen LogP contribution in [-0.2, 0) is 19.0 Å². The summed E-state index contributed by atoms with van der Waals surface area (Å²) in [5.74, 6) is 0. The number of nitrogens with one attached hydrogen (secondary N) is 1. The molecule has 0 atom stereocenters. The van der Waals surface area contributed by atoms with E-state index in [1.54, 1.807) is 13.8 Å². The Kier molecular flexibility index (Phi) is 12.1. The maximum absolute atomic E-state index is 12.4. The lowest BCUT2D eigenvalue weighted by Crippen LogP contribution is -2.48. The summed E-state index contributed by atoms with van der Waals surface area (Å²) in [5, 5.41) is 2.52. The van der Waals surface area contributed by atoms with Gasteiger partial charge in [-0.1, -0.05) is 0 Å². The standard InChI is InChI=1S/C10H26N4O5Si2/c1-4-17-13(18-5-2)21(16)14(19-6-3)20-9-7-8-12-10(11)15/h4-9,20H2,1-3H3,(H3,11,12,15). The van der Waals surface area contributed by atoms with E-state index >= 15 is 0 Å². The van der Waals surface area contributed by atoms with Gasteiger partial charge in [0.25, 0.3) is 0 Å². The van der Waals surface area contributed by atoms with Crippen molar-refractivity contribution in [1.29, 1.82) is 0 Å². The fourth-order valence-corrected chi connectivity index (χ4v) is 5.00. The number of hydrogen-bond donors (Lipinski definition) is 2. The second-order valence-corrected chi connectivity index (χ2v) is 7.68. The molecule has 0 saturated heterocycles. The topological polar surface area (TPSA) is 106 Å². The number of primary amides is 1. The molecule has 0 aliphatic heterocycles. The van der Waals surface area contributed by atoms with Gasteiger partial charge >= 0.3 is 15.0 Å². The Hall–Kier alpha value is -1.02. The minimum atomic E-state index is -2.46. The van der Waals surface area contributed by atoms with Crippen molar-refractivity contribution in [3.8, 4) is 0 Å². The Bertz CT molecular complexity index is 305. The highest BCUT2D eigenvalue weighted by atomic mass is 28.3. The van der Waals surface area contributed by atoms with Crippen molar-refractivity contribution < 1.29 is 23.8 Å². The molecule has 0 radical (unpaired) electrons. The van der Waals surface area contributed by atoms with E-state index in [0.717, 1.165) is 17.4 Å². The van der Waals surface area contributed by atoms with Gasteiger partial charge in [0.1, 0.15) is 0 Å². The van der Waals surface area contributed by atoms with Crippen molar-refractivity contribution in [2.45, 2.75) is 33.2 Å². The van der Waals surface area contributed by atoms with Crippen LogP contribution in [-0.4, -0.2) is 60.4 Å². The average molecular weight is 339 g/mol. The summed E-state index contributed by atoms with van der Waals surface area (Å²) >= 11 is 0. The summed E-state index contributed by atoms with van der Waals surface area (Å²) < 4.78 is 13.9. The molecular weight excluding hydrogens is 312 g/mol.